The number of hydrogen-bond acceptors (Lipinski definition) is 3. The standard InChI is InChI=1S/C24H20F6N2O3S/c1-15-10-11-16(2)21(12-15)36(34,35)32(18-7-5-6-17(13-18)23(25,26)27)14-22(33)31-20-9-4-3-8-19(20)24(28,29)30/h3-13H,14H2,1-2H3,(H,31,33). The molecule has 0 saturated carbocycles. The first-order valence-corrected chi connectivity index (χ1v) is 11.8. The zero-order valence-electron chi connectivity index (χ0n) is 18.9. The van der Waals surface area contributed by atoms with Crippen LogP contribution < -0.4 is 9.62 Å². The van der Waals surface area contributed by atoms with Crippen molar-refractivity contribution in [2.75, 3.05) is 16.2 Å². The molecule has 0 bridgehead atoms. The van der Waals surface area contributed by atoms with Crippen LogP contribution in [0.5, 0.6) is 0 Å². The van der Waals surface area contributed by atoms with Crippen molar-refractivity contribution in [3.63, 3.8) is 0 Å². The van der Waals surface area contributed by atoms with Crippen molar-refractivity contribution < 1.29 is 39.6 Å². The molecule has 3 aromatic rings. The van der Waals surface area contributed by atoms with Crippen molar-refractivity contribution >= 4 is 27.3 Å². The Morgan fingerprint density at radius 1 is 0.861 bits per heavy atom. The van der Waals surface area contributed by atoms with Crippen molar-refractivity contribution in [2.24, 2.45) is 0 Å². The first kappa shape index (κ1) is 27.1. The Morgan fingerprint density at radius 3 is 2.17 bits per heavy atom. The number of benzene rings is 3. The van der Waals surface area contributed by atoms with Crippen LogP contribution in [0, 0.1) is 13.8 Å². The first-order chi connectivity index (χ1) is 16.6. The van der Waals surface area contributed by atoms with Gasteiger partial charge in [0.05, 0.1) is 27.4 Å². The van der Waals surface area contributed by atoms with Gasteiger partial charge in [0, 0.05) is 0 Å². The second kappa shape index (κ2) is 9.84. The molecule has 0 radical (unpaired) electrons. The molecular weight excluding hydrogens is 510 g/mol. The highest BCUT2D eigenvalue weighted by atomic mass is 32.2. The summed E-state index contributed by atoms with van der Waals surface area (Å²) in [6.45, 7) is 1.99. The number of alkyl halides is 6. The van der Waals surface area contributed by atoms with Gasteiger partial charge in [-0.1, -0.05) is 30.3 Å². The van der Waals surface area contributed by atoms with E-state index in [1.165, 1.54) is 25.1 Å². The molecule has 3 rings (SSSR count). The number of anilines is 2. The van der Waals surface area contributed by atoms with Crippen molar-refractivity contribution in [1.29, 1.82) is 0 Å². The topological polar surface area (TPSA) is 66.5 Å². The molecule has 0 aliphatic heterocycles. The van der Waals surface area contributed by atoms with Gasteiger partial charge in [-0.3, -0.25) is 9.10 Å². The number of nitrogens with zero attached hydrogens (tertiary/aromatic N) is 1. The lowest BCUT2D eigenvalue weighted by atomic mass is 10.1. The Kier molecular flexibility index (Phi) is 7.40. The van der Waals surface area contributed by atoms with Crippen LogP contribution in [0.1, 0.15) is 22.3 Å². The first-order valence-electron chi connectivity index (χ1n) is 10.3. The predicted octanol–water partition coefficient (Wildman–Crippen LogP) is 6.18. The molecule has 0 atom stereocenters. The molecule has 0 unspecified atom stereocenters. The highest BCUT2D eigenvalue weighted by Gasteiger charge is 2.36. The Morgan fingerprint density at radius 2 is 1.53 bits per heavy atom. The van der Waals surface area contributed by atoms with Crippen LogP contribution in [0.2, 0.25) is 0 Å². The molecule has 0 aromatic heterocycles. The highest BCUT2D eigenvalue weighted by Crippen LogP contribution is 2.36. The Hall–Kier alpha value is -3.54. The fourth-order valence-electron chi connectivity index (χ4n) is 3.42. The van der Waals surface area contributed by atoms with Crippen LogP contribution in [-0.2, 0) is 27.2 Å². The largest absolute Gasteiger partial charge is 0.418 e. The number of halogens is 6. The summed E-state index contributed by atoms with van der Waals surface area (Å²) in [6, 6.07) is 11.8. The van der Waals surface area contributed by atoms with Gasteiger partial charge in [0.25, 0.3) is 10.0 Å². The molecule has 1 N–H and O–H groups in total. The van der Waals surface area contributed by atoms with E-state index in [2.05, 4.69) is 0 Å². The number of hydrogen-bond donors (Lipinski definition) is 1. The zero-order valence-corrected chi connectivity index (χ0v) is 19.7. The molecule has 192 valence electrons. The van der Waals surface area contributed by atoms with Gasteiger partial charge in [0.15, 0.2) is 0 Å². The quantitative estimate of drug-likeness (QED) is 0.388. The van der Waals surface area contributed by atoms with Gasteiger partial charge in [0.2, 0.25) is 5.91 Å². The maximum atomic E-state index is 13.6. The smallest absolute Gasteiger partial charge is 0.324 e. The third-order valence-corrected chi connectivity index (χ3v) is 7.08. The normalized spacial score (nSPS) is 12.3. The minimum absolute atomic E-state index is 0.261. The van der Waals surface area contributed by atoms with Gasteiger partial charge >= 0.3 is 12.4 Å². The molecule has 12 heteroatoms. The molecule has 0 aliphatic rings. The van der Waals surface area contributed by atoms with E-state index in [4.69, 9.17) is 0 Å². The second-order valence-corrected chi connectivity index (χ2v) is 9.75. The Labute approximate surface area is 203 Å². The number of para-hydroxylation sites is 1. The summed E-state index contributed by atoms with van der Waals surface area (Å²) in [5.41, 5.74) is -2.63. The third-order valence-electron chi connectivity index (χ3n) is 5.17. The van der Waals surface area contributed by atoms with E-state index in [9.17, 15) is 39.6 Å². The molecule has 1 amide bonds. The molecule has 3 aromatic carbocycles. The predicted molar refractivity (Wildman–Crippen MR) is 122 cm³/mol. The number of amides is 1. The van der Waals surface area contributed by atoms with Crippen molar-refractivity contribution in [3.05, 3.63) is 89.0 Å². The van der Waals surface area contributed by atoms with E-state index < -0.39 is 57.3 Å². The van der Waals surface area contributed by atoms with Crippen molar-refractivity contribution in [3.8, 4) is 0 Å². The summed E-state index contributed by atoms with van der Waals surface area (Å²) < 4.78 is 107. The van der Waals surface area contributed by atoms with E-state index in [-0.39, 0.29) is 10.5 Å². The van der Waals surface area contributed by atoms with Crippen LogP contribution in [0.3, 0.4) is 0 Å². The highest BCUT2D eigenvalue weighted by molar-refractivity contribution is 7.93. The Bertz CT molecular complexity index is 1390. The average Bonchev–Trinajstić information content (AvgIpc) is 2.78. The lowest BCUT2D eigenvalue weighted by Crippen LogP contribution is -2.38. The van der Waals surface area contributed by atoms with Crippen LogP contribution in [0.15, 0.2) is 71.6 Å². The average molecular weight is 530 g/mol. The third kappa shape index (κ3) is 5.99. The lowest BCUT2D eigenvalue weighted by Gasteiger charge is -2.26. The van der Waals surface area contributed by atoms with Crippen LogP contribution in [0.25, 0.3) is 0 Å². The van der Waals surface area contributed by atoms with E-state index in [0.717, 1.165) is 36.4 Å². The number of rotatable bonds is 6. The minimum atomic E-state index is -4.81. The van der Waals surface area contributed by atoms with Gasteiger partial charge in [0.1, 0.15) is 6.54 Å². The minimum Gasteiger partial charge on any atom is -0.324 e. The fraction of sp³-hybridized carbons (Fsp3) is 0.208. The lowest BCUT2D eigenvalue weighted by molar-refractivity contribution is -0.138. The molecular formula is C24H20F6N2O3S. The molecule has 0 aliphatic carbocycles. The monoisotopic (exact) mass is 530 g/mol. The number of aryl methyl sites for hydroxylation is 2. The SMILES string of the molecule is Cc1ccc(C)c(S(=O)(=O)N(CC(=O)Nc2ccccc2C(F)(F)F)c2cccc(C(F)(F)F)c2)c1. The van der Waals surface area contributed by atoms with Crippen LogP contribution in [-0.4, -0.2) is 20.9 Å². The molecule has 0 spiro atoms. The summed E-state index contributed by atoms with van der Waals surface area (Å²) in [6.07, 6.45) is -9.62. The zero-order chi connectivity index (χ0) is 26.9. The van der Waals surface area contributed by atoms with Crippen LogP contribution in [0.4, 0.5) is 37.7 Å². The molecule has 36 heavy (non-hydrogen) atoms. The van der Waals surface area contributed by atoms with Crippen molar-refractivity contribution in [2.45, 2.75) is 31.1 Å². The van der Waals surface area contributed by atoms with Gasteiger partial charge in [-0.05, 0) is 61.4 Å². The summed E-state index contributed by atoms with van der Waals surface area (Å²) in [7, 11) is -4.61. The van der Waals surface area contributed by atoms with Gasteiger partial charge in [-0.15, -0.1) is 0 Å². The molecule has 5 nitrogen and oxygen atoms in total. The van der Waals surface area contributed by atoms with E-state index >= 15 is 0 Å². The van der Waals surface area contributed by atoms with Crippen molar-refractivity contribution in [1.82, 2.24) is 0 Å². The van der Waals surface area contributed by atoms with Gasteiger partial charge < -0.3 is 5.32 Å². The number of carbonyl (C=O) groups is 1. The molecule has 0 fully saturated rings. The maximum absolute atomic E-state index is 13.6. The fourth-order valence-corrected chi connectivity index (χ4v) is 5.14. The molecule has 0 saturated heterocycles. The maximum Gasteiger partial charge on any atom is 0.418 e. The summed E-state index contributed by atoms with van der Waals surface area (Å²) in [4.78, 5) is 12.5. The van der Waals surface area contributed by atoms with Gasteiger partial charge in [-0.25, -0.2) is 8.42 Å². The van der Waals surface area contributed by atoms with E-state index in [0.29, 0.717) is 15.9 Å². The number of sulfonamides is 1. The Balaban J connectivity index is 2.08. The van der Waals surface area contributed by atoms with Crippen LogP contribution >= 0.6 is 0 Å². The van der Waals surface area contributed by atoms with E-state index in [1.807, 2.05) is 5.32 Å². The summed E-state index contributed by atoms with van der Waals surface area (Å²) in [5.74, 6) is -1.18. The molecule has 0 heterocycles. The number of carbonyl (C=O) groups excluding carboxylic acids is 1. The van der Waals surface area contributed by atoms with Gasteiger partial charge in [-0.2, -0.15) is 26.3 Å². The summed E-state index contributed by atoms with van der Waals surface area (Å²) >= 11 is 0. The summed E-state index contributed by atoms with van der Waals surface area (Å²) in [5, 5.41) is 2.02. The second-order valence-electron chi connectivity index (χ2n) is 7.92. The number of nitrogens with one attached hydrogen (secondary N) is 1. The van der Waals surface area contributed by atoms with E-state index in [1.54, 1.807) is 13.0 Å².